The highest BCUT2D eigenvalue weighted by Gasteiger charge is 2.21. The van der Waals surface area contributed by atoms with E-state index < -0.39 is 0 Å². The number of morpholine rings is 1. The molecule has 0 aliphatic carbocycles. The predicted molar refractivity (Wildman–Crippen MR) is 138 cm³/mol. The Bertz CT molecular complexity index is 1120. The molecule has 184 valence electrons. The second-order valence-electron chi connectivity index (χ2n) is 8.58. The summed E-state index contributed by atoms with van der Waals surface area (Å²) in [6.45, 7) is 5.90. The number of nitrogens with zero attached hydrogens (tertiary/aromatic N) is 3. The Hall–Kier alpha value is -3.14. The van der Waals surface area contributed by atoms with Crippen molar-refractivity contribution < 1.29 is 14.3 Å². The second kappa shape index (κ2) is 12.0. The summed E-state index contributed by atoms with van der Waals surface area (Å²) in [7, 11) is 1.89. The molecule has 35 heavy (non-hydrogen) atoms. The van der Waals surface area contributed by atoms with E-state index in [1.165, 1.54) is 17.3 Å². The van der Waals surface area contributed by atoms with Crippen LogP contribution in [-0.2, 0) is 16.6 Å². The molecule has 9 heteroatoms. The van der Waals surface area contributed by atoms with E-state index in [4.69, 9.17) is 4.74 Å². The molecule has 4 rings (SSSR count). The van der Waals surface area contributed by atoms with E-state index in [-0.39, 0.29) is 23.6 Å². The maximum Gasteiger partial charge on any atom is 0.251 e. The molecule has 1 aliphatic rings. The number of carbonyl (C=O) groups excluding carboxylic acids is 2. The van der Waals surface area contributed by atoms with Gasteiger partial charge in [-0.2, -0.15) is 0 Å². The number of carbonyl (C=O) groups is 2. The molecule has 1 aliphatic heterocycles. The molecule has 2 heterocycles. The molecule has 3 aromatic rings. The van der Waals surface area contributed by atoms with Gasteiger partial charge in [0.05, 0.1) is 25.0 Å². The summed E-state index contributed by atoms with van der Waals surface area (Å²) in [5.74, 6) is -0.0143. The van der Waals surface area contributed by atoms with Crippen molar-refractivity contribution in [3.8, 4) is 0 Å². The van der Waals surface area contributed by atoms with Crippen LogP contribution in [0, 0.1) is 6.92 Å². The summed E-state index contributed by atoms with van der Waals surface area (Å²) in [6.07, 6.45) is 3.54. The van der Waals surface area contributed by atoms with Crippen LogP contribution in [0.5, 0.6) is 0 Å². The van der Waals surface area contributed by atoms with E-state index in [9.17, 15) is 9.59 Å². The van der Waals surface area contributed by atoms with Gasteiger partial charge in [-0.1, -0.05) is 41.6 Å². The van der Waals surface area contributed by atoms with Crippen molar-refractivity contribution in [1.29, 1.82) is 0 Å². The fourth-order valence-corrected chi connectivity index (χ4v) is 4.57. The second-order valence-corrected chi connectivity index (χ2v) is 9.53. The number of benzene rings is 2. The molecule has 0 radical (unpaired) electrons. The van der Waals surface area contributed by atoms with Crippen LogP contribution in [0.25, 0.3) is 0 Å². The number of imidazole rings is 1. The molecule has 1 atom stereocenters. The molecule has 0 saturated carbocycles. The van der Waals surface area contributed by atoms with Crippen molar-refractivity contribution in [3.05, 3.63) is 77.6 Å². The van der Waals surface area contributed by atoms with Gasteiger partial charge in [-0.15, -0.1) is 0 Å². The van der Waals surface area contributed by atoms with E-state index in [1.54, 1.807) is 30.5 Å². The number of nitrogens with one attached hydrogen (secondary N) is 2. The Balaban J connectivity index is 1.36. The molecule has 2 aromatic carbocycles. The van der Waals surface area contributed by atoms with E-state index in [1.807, 2.05) is 17.8 Å². The van der Waals surface area contributed by atoms with Crippen LogP contribution in [0.3, 0.4) is 0 Å². The minimum atomic E-state index is -0.146. The largest absolute Gasteiger partial charge is 0.379 e. The van der Waals surface area contributed by atoms with Gasteiger partial charge in [-0.3, -0.25) is 14.5 Å². The van der Waals surface area contributed by atoms with Crippen molar-refractivity contribution >= 4 is 29.3 Å². The van der Waals surface area contributed by atoms with Crippen LogP contribution in [-0.4, -0.2) is 64.9 Å². The van der Waals surface area contributed by atoms with Gasteiger partial charge in [0.1, 0.15) is 0 Å². The SMILES string of the molecule is Cc1ccc([C@H](CN2CCOCC2)NC(=O)c2ccc(NC(=O)CSc3nccn3C)cc2)cc1. The van der Waals surface area contributed by atoms with E-state index in [2.05, 4.69) is 51.7 Å². The maximum atomic E-state index is 13.1. The summed E-state index contributed by atoms with van der Waals surface area (Å²) in [4.78, 5) is 31.9. The molecule has 2 amide bonds. The third-order valence-corrected chi connectivity index (χ3v) is 6.93. The monoisotopic (exact) mass is 493 g/mol. The zero-order valence-corrected chi connectivity index (χ0v) is 20.9. The number of ether oxygens (including phenoxy) is 1. The highest BCUT2D eigenvalue weighted by Crippen LogP contribution is 2.19. The molecule has 2 N–H and O–H groups in total. The van der Waals surface area contributed by atoms with Gasteiger partial charge in [0.15, 0.2) is 5.16 Å². The van der Waals surface area contributed by atoms with Gasteiger partial charge < -0.3 is 19.9 Å². The first-order valence-electron chi connectivity index (χ1n) is 11.7. The van der Waals surface area contributed by atoms with Crippen LogP contribution in [0.4, 0.5) is 5.69 Å². The first-order valence-corrected chi connectivity index (χ1v) is 12.6. The number of aromatic nitrogens is 2. The lowest BCUT2D eigenvalue weighted by atomic mass is 10.0. The zero-order chi connectivity index (χ0) is 24.6. The number of thioether (sulfide) groups is 1. The number of hydrogen-bond donors (Lipinski definition) is 2. The van der Waals surface area contributed by atoms with E-state index in [0.29, 0.717) is 24.5 Å². The van der Waals surface area contributed by atoms with Gasteiger partial charge in [0.2, 0.25) is 5.91 Å². The van der Waals surface area contributed by atoms with E-state index in [0.717, 1.165) is 30.4 Å². The predicted octanol–water partition coefficient (Wildman–Crippen LogP) is 3.26. The minimum absolute atomic E-state index is 0.125. The summed E-state index contributed by atoms with van der Waals surface area (Å²) < 4.78 is 7.34. The first-order chi connectivity index (χ1) is 17.0. The molecule has 0 bridgehead atoms. The Kier molecular flexibility index (Phi) is 8.57. The minimum Gasteiger partial charge on any atom is -0.379 e. The number of aryl methyl sites for hydroxylation is 2. The van der Waals surface area contributed by atoms with Gasteiger partial charge in [-0.05, 0) is 36.8 Å². The van der Waals surface area contributed by atoms with Gasteiger partial charge >= 0.3 is 0 Å². The van der Waals surface area contributed by atoms with Crippen LogP contribution in [0.1, 0.15) is 27.5 Å². The molecule has 8 nitrogen and oxygen atoms in total. The number of rotatable bonds is 9. The average Bonchev–Trinajstić information content (AvgIpc) is 3.28. The lowest BCUT2D eigenvalue weighted by molar-refractivity contribution is -0.113. The average molecular weight is 494 g/mol. The third kappa shape index (κ3) is 7.17. The zero-order valence-electron chi connectivity index (χ0n) is 20.1. The fraction of sp³-hybridized carbons (Fsp3) is 0.346. The lowest BCUT2D eigenvalue weighted by Gasteiger charge is -2.31. The Labute approximate surface area is 210 Å². The van der Waals surface area contributed by atoms with Crippen LogP contribution in [0.15, 0.2) is 66.1 Å². The van der Waals surface area contributed by atoms with Gasteiger partial charge in [0, 0.05) is 50.3 Å². The molecular formula is C26H31N5O3S. The summed E-state index contributed by atoms with van der Waals surface area (Å²) >= 11 is 1.37. The quantitative estimate of drug-likeness (QED) is 0.445. The molecule has 0 unspecified atom stereocenters. The lowest BCUT2D eigenvalue weighted by Crippen LogP contribution is -2.43. The number of amides is 2. The molecule has 1 saturated heterocycles. The molecular weight excluding hydrogens is 462 g/mol. The van der Waals surface area contributed by atoms with Crippen molar-refractivity contribution in [2.75, 3.05) is 43.9 Å². The van der Waals surface area contributed by atoms with Gasteiger partial charge in [0.25, 0.3) is 5.91 Å². The fourth-order valence-electron chi connectivity index (χ4n) is 3.84. The molecule has 1 aromatic heterocycles. The summed E-state index contributed by atoms with van der Waals surface area (Å²) in [6, 6.07) is 15.1. The first kappa shape index (κ1) is 25.0. The van der Waals surface area contributed by atoms with Crippen molar-refractivity contribution in [2.45, 2.75) is 18.1 Å². The van der Waals surface area contributed by atoms with Crippen molar-refractivity contribution in [3.63, 3.8) is 0 Å². The maximum absolute atomic E-state index is 13.1. The van der Waals surface area contributed by atoms with Crippen molar-refractivity contribution in [1.82, 2.24) is 19.8 Å². The Morgan fingerprint density at radius 1 is 1.09 bits per heavy atom. The normalized spacial score (nSPS) is 14.9. The topological polar surface area (TPSA) is 88.5 Å². The summed E-state index contributed by atoms with van der Waals surface area (Å²) in [5.41, 5.74) is 3.45. The Morgan fingerprint density at radius 2 is 1.80 bits per heavy atom. The van der Waals surface area contributed by atoms with Crippen molar-refractivity contribution in [2.24, 2.45) is 7.05 Å². The Morgan fingerprint density at radius 3 is 2.46 bits per heavy atom. The van der Waals surface area contributed by atoms with Crippen LogP contribution < -0.4 is 10.6 Å². The number of hydrogen-bond acceptors (Lipinski definition) is 6. The standard InChI is InChI=1S/C26H31N5O3S/c1-19-3-5-20(6-4-19)23(17-31-13-15-34-16-14-31)29-25(33)21-7-9-22(10-8-21)28-24(32)18-35-26-27-11-12-30(26)2/h3-12,23H,13-18H2,1-2H3,(H,28,32)(H,29,33)/t23-/m0/s1. The highest BCUT2D eigenvalue weighted by molar-refractivity contribution is 7.99. The third-order valence-electron chi connectivity index (χ3n) is 5.87. The van der Waals surface area contributed by atoms with E-state index >= 15 is 0 Å². The molecule has 0 spiro atoms. The summed E-state index contributed by atoms with van der Waals surface area (Å²) in [5, 5.41) is 6.85. The highest BCUT2D eigenvalue weighted by atomic mass is 32.2. The van der Waals surface area contributed by atoms with Gasteiger partial charge in [-0.25, -0.2) is 4.98 Å². The van der Waals surface area contributed by atoms with Crippen LogP contribution >= 0.6 is 11.8 Å². The molecule has 1 fully saturated rings. The number of anilines is 1. The smallest absolute Gasteiger partial charge is 0.251 e. The van der Waals surface area contributed by atoms with Crippen LogP contribution in [0.2, 0.25) is 0 Å².